The van der Waals surface area contributed by atoms with Gasteiger partial charge in [0.05, 0.1) is 7.11 Å². The molecule has 2 N–H and O–H groups in total. The number of aryl methyl sites for hydroxylation is 1. The molecule has 0 aliphatic carbocycles. The van der Waals surface area contributed by atoms with Crippen LogP contribution in [0.25, 0.3) is 0 Å². The van der Waals surface area contributed by atoms with E-state index in [-0.39, 0.29) is 0 Å². The minimum Gasteiger partial charge on any atom is -0.496 e. The van der Waals surface area contributed by atoms with Gasteiger partial charge in [0, 0.05) is 6.04 Å². The molecule has 0 saturated carbocycles. The van der Waals surface area contributed by atoms with Crippen molar-refractivity contribution < 1.29 is 4.74 Å². The molecule has 1 saturated heterocycles. The minimum absolute atomic E-state index is 0.439. The van der Waals surface area contributed by atoms with Crippen LogP contribution in [0.2, 0.25) is 0 Å². The molecule has 0 amide bonds. The van der Waals surface area contributed by atoms with Crippen molar-refractivity contribution in [2.45, 2.75) is 32.2 Å². The summed E-state index contributed by atoms with van der Waals surface area (Å²) in [6, 6.07) is 6.95. The maximum Gasteiger partial charge on any atom is 0.121 e. The van der Waals surface area contributed by atoms with Crippen molar-refractivity contribution in [1.29, 1.82) is 0 Å². The molecule has 1 heterocycles. The fourth-order valence-corrected chi connectivity index (χ4v) is 3.00. The van der Waals surface area contributed by atoms with E-state index in [1.807, 2.05) is 0 Å². The van der Waals surface area contributed by atoms with E-state index in [1.54, 1.807) is 7.11 Å². The summed E-state index contributed by atoms with van der Waals surface area (Å²) < 4.78 is 5.33. The number of benzene rings is 1. The Morgan fingerprint density at radius 2 is 2.32 bits per heavy atom. The number of piperidine rings is 1. The summed E-state index contributed by atoms with van der Waals surface area (Å²) in [5.74, 6) is 1.76. The van der Waals surface area contributed by atoms with Crippen molar-refractivity contribution in [1.82, 2.24) is 10.6 Å². The molecule has 1 aliphatic rings. The first-order chi connectivity index (χ1) is 9.24. The van der Waals surface area contributed by atoms with Crippen molar-refractivity contribution in [2.75, 3.05) is 27.2 Å². The summed E-state index contributed by atoms with van der Waals surface area (Å²) in [5.41, 5.74) is 2.58. The summed E-state index contributed by atoms with van der Waals surface area (Å²) in [4.78, 5) is 0. The van der Waals surface area contributed by atoms with Gasteiger partial charge in [-0.15, -0.1) is 0 Å². The third-order valence-corrected chi connectivity index (χ3v) is 4.14. The Hall–Kier alpha value is -1.06. The molecule has 0 radical (unpaired) electrons. The van der Waals surface area contributed by atoms with E-state index in [9.17, 15) is 0 Å². The van der Waals surface area contributed by atoms with Gasteiger partial charge in [-0.25, -0.2) is 0 Å². The van der Waals surface area contributed by atoms with Crippen LogP contribution in [0.5, 0.6) is 5.75 Å². The number of hydrogen-bond acceptors (Lipinski definition) is 3. The zero-order chi connectivity index (χ0) is 13.7. The van der Waals surface area contributed by atoms with Crippen LogP contribution >= 0.6 is 0 Å². The zero-order valence-corrected chi connectivity index (χ0v) is 12.3. The van der Waals surface area contributed by atoms with Gasteiger partial charge >= 0.3 is 0 Å². The highest BCUT2D eigenvalue weighted by Crippen LogP contribution is 2.28. The number of methoxy groups -OCH3 is 1. The Labute approximate surface area is 116 Å². The molecule has 0 aromatic heterocycles. The van der Waals surface area contributed by atoms with Crippen LogP contribution in [0.4, 0.5) is 0 Å². The molecule has 1 fully saturated rings. The summed E-state index contributed by atoms with van der Waals surface area (Å²) in [6.07, 6.45) is 3.86. The van der Waals surface area contributed by atoms with E-state index in [2.05, 4.69) is 42.8 Å². The highest BCUT2D eigenvalue weighted by Gasteiger charge is 2.19. The standard InChI is InChI=1S/C16H26N2O/c1-12-9-14(6-7-16(12)19-3)15(17-2)10-13-5-4-8-18-11-13/h6-7,9,13,15,17-18H,4-5,8,10-11H2,1-3H3. The Morgan fingerprint density at radius 3 is 2.89 bits per heavy atom. The molecular weight excluding hydrogens is 236 g/mol. The lowest BCUT2D eigenvalue weighted by atomic mass is 9.89. The Morgan fingerprint density at radius 1 is 1.47 bits per heavy atom. The minimum atomic E-state index is 0.439. The Kier molecular flexibility index (Phi) is 5.23. The lowest BCUT2D eigenvalue weighted by molar-refractivity contribution is 0.322. The van der Waals surface area contributed by atoms with E-state index >= 15 is 0 Å². The summed E-state index contributed by atoms with van der Waals surface area (Å²) in [6.45, 7) is 4.45. The van der Waals surface area contributed by atoms with Gasteiger partial charge in [-0.05, 0) is 69.4 Å². The lowest BCUT2D eigenvalue weighted by Crippen LogP contribution is -2.32. The second-order valence-corrected chi connectivity index (χ2v) is 5.52. The van der Waals surface area contributed by atoms with Gasteiger partial charge in [0.1, 0.15) is 5.75 Å². The third-order valence-electron chi connectivity index (χ3n) is 4.14. The maximum absolute atomic E-state index is 5.33. The van der Waals surface area contributed by atoms with E-state index < -0.39 is 0 Å². The van der Waals surface area contributed by atoms with Crippen LogP contribution in [0, 0.1) is 12.8 Å². The van der Waals surface area contributed by atoms with Gasteiger partial charge < -0.3 is 15.4 Å². The predicted octanol–water partition coefficient (Wildman–Crippen LogP) is 2.65. The number of hydrogen-bond donors (Lipinski definition) is 2. The molecule has 2 atom stereocenters. The molecule has 0 spiro atoms. The van der Waals surface area contributed by atoms with E-state index in [0.29, 0.717) is 6.04 Å². The molecular formula is C16H26N2O. The molecule has 1 aliphatic heterocycles. The van der Waals surface area contributed by atoms with Gasteiger partial charge in [0.15, 0.2) is 0 Å². The highest BCUT2D eigenvalue weighted by molar-refractivity contribution is 5.37. The third kappa shape index (κ3) is 3.71. The number of ether oxygens (including phenoxy) is 1. The van der Waals surface area contributed by atoms with Gasteiger partial charge in [-0.2, -0.15) is 0 Å². The van der Waals surface area contributed by atoms with Gasteiger partial charge in [-0.1, -0.05) is 12.1 Å². The number of nitrogens with one attached hydrogen (secondary N) is 2. The Bertz CT molecular complexity index is 400. The second-order valence-electron chi connectivity index (χ2n) is 5.52. The lowest BCUT2D eigenvalue weighted by Gasteiger charge is -2.27. The SMILES string of the molecule is CNC(CC1CCCNC1)c1ccc(OC)c(C)c1. The molecule has 0 bridgehead atoms. The number of rotatable bonds is 5. The molecule has 1 aromatic rings. The van der Waals surface area contributed by atoms with Crippen molar-refractivity contribution >= 4 is 0 Å². The fourth-order valence-electron chi connectivity index (χ4n) is 3.00. The van der Waals surface area contributed by atoms with Gasteiger partial charge in [0.25, 0.3) is 0 Å². The largest absolute Gasteiger partial charge is 0.496 e. The molecule has 2 unspecified atom stereocenters. The summed E-state index contributed by atoms with van der Waals surface area (Å²) in [5, 5.41) is 6.96. The maximum atomic E-state index is 5.33. The molecule has 106 valence electrons. The van der Waals surface area contributed by atoms with Gasteiger partial charge in [-0.3, -0.25) is 0 Å². The zero-order valence-electron chi connectivity index (χ0n) is 12.3. The topological polar surface area (TPSA) is 33.3 Å². The fraction of sp³-hybridized carbons (Fsp3) is 0.625. The van der Waals surface area contributed by atoms with Crippen LogP contribution < -0.4 is 15.4 Å². The van der Waals surface area contributed by atoms with Crippen LogP contribution in [-0.2, 0) is 0 Å². The normalized spacial score (nSPS) is 21.1. The monoisotopic (exact) mass is 262 g/mol. The molecule has 19 heavy (non-hydrogen) atoms. The summed E-state index contributed by atoms with van der Waals surface area (Å²) >= 11 is 0. The van der Waals surface area contributed by atoms with E-state index in [1.165, 1.54) is 36.9 Å². The highest BCUT2D eigenvalue weighted by atomic mass is 16.5. The Balaban J connectivity index is 2.05. The van der Waals surface area contributed by atoms with Crippen molar-refractivity contribution in [3.8, 4) is 5.75 Å². The predicted molar refractivity (Wildman–Crippen MR) is 79.7 cm³/mol. The van der Waals surface area contributed by atoms with Crippen LogP contribution in [0.1, 0.15) is 36.4 Å². The molecule has 3 heteroatoms. The quantitative estimate of drug-likeness (QED) is 0.856. The van der Waals surface area contributed by atoms with Crippen LogP contribution in [0.15, 0.2) is 18.2 Å². The van der Waals surface area contributed by atoms with Crippen molar-refractivity contribution in [2.24, 2.45) is 5.92 Å². The van der Waals surface area contributed by atoms with Crippen molar-refractivity contribution in [3.05, 3.63) is 29.3 Å². The van der Waals surface area contributed by atoms with E-state index in [4.69, 9.17) is 4.74 Å². The molecule has 3 nitrogen and oxygen atoms in total. The second kappa shape index (κ2) is 6.92. The average molecular weight is 262 g/mol. The molecule has 1 aromatic carbocycles. The van der Waals surface area contributed by atoms with Crippen molar-refractivity contribution in [3.63, 3.8) is 0 Å². The first kappa shape index (κ1) is 14.4. The van der Waals surface area contributed by atoms with Crippen LogP contribution in [0.3, 0.4) is 0 Å². The summed E-state index contributed by atoms with van der Waals surface area (Å²) in [7, 11) is 3.78. The molecule has 2 rings (SSSR count). The van der Waals surface area contributed by atoms with E-state index in [0.717, 1.165) is 18.2 Å². The van der Waals surface area contributed by atoms with Crippen LogP contribution in [-0.4, -0.2) is 27.2 Å². The first-order valence-electron chi connectivity index (χ1n) is 7.27. The smallest absolute Gasteiger partial charge is 0.121 e. The van der Waals surface area contributed by atoms with Gasteiger partial charge in [0.2, 0.25) is 0 Å². The average Bonchev–Trinajstić information content (AvgIpc) is 2.46. The first-order valence-corrected chi connectivity index (χ1v) is 7.27.